The third-order valence-electron chi connectivity index (χ3n) is 12.0. The molecule has 0 saturated carbocycles. The van der Waals surface area contributed by atoms with Crippen molar-refractivity contribution in [1.29, 1.82) is 0 Å². The third-order valence-corrected chi connectivity index (χ3v) is 13.1. The molecule has 0 saturated heterocycles. The first-order chi connectivity index (χ1) is 28.3. The molecule has 0 radical (unpaired) electrons. The molecule has 0 N–H and O–H groups in total. The molecule has 0 aliphatic carbocycles. The van der Waals surface area contributed by atoms with Crippen molar-refractivity contribution in [3.8, 4) is 44.5 Å². The summed E-state index contributed by atoms with van der Waals surface area (Å²) in [6.45, 7) is 0. The lowest BCUT2D eigenvalue weighted by atomic mass is 9.85. The average Bonchev–Trinajstić information content (AvgIpc) is 3.64. The van der Waals surface area contributed by atoms with Crippen LogP contribution in [0.25, 0.3) is 119 Å². The van der Waals surface area contributed by atoms with Gasteiger partial charge in [-0.3, -0.25) is 0 Å². The molecule has 0 nitrogen and oxygen atoms in total. The van der Waals surface area contributed by atoms with E-state index in [0.717, 1.165) is 0 Å². The highest BCUT2D eigenvalue weighted by Gasteiger charge is 2.20. The van der Waals surface area contributed by atoms with Gasteiger partial charge in [0.1, 0.15) is 0 Å². The molecule has 11 aromatic carbocycles. The Morgan fingerprint density at radius 2 is 0.614 bits per heavy atom. The molecule has 0 atom stereocenters. The van der Waals surface area contributed by atoms with E-state index in [2.05, 4.69) is 206 Å². The fourth-order valence-electron chi connectivity index (χ4n) is 9.54. The number of hydrogen-bond acceptors (Lipinski definition) is 1. The van der Waals surface area contributed by atoms with Gasteiger partial charge in [-0.25, -0.2) is 0 Å². The van der Waals surface area contributed by atoms with Gasteiger partial charge in [0.15, 0.2) is 0 Å². The van der Waals surface area contributed by atoms with Crippen LogP contribution in [0.1, 0.15) is 0 Å². The quantitative estimate of drug-likeness (QED) is 0.158. The Kier molecular flexibility index (Phi) is 7.20. The van der Waals surface area contributed by atoms with Gasteiger partial charge in [0.05, 0.1) is 0 Å². The van der Waals surface area contributed by atoms with Crippen LogP contribution >= 0.6 is 11.3 Å². The summed E-state index contributed by atoms with van der Waals surface area (Å²) in [5, 5.41) is 15.4. The van der Waals surface area contributed by atoms with Gasteiger partial charge in [-0.15, -0.1) is 11.3 Å². The van der Waals surface area contributed by atoms with E-state index in [0.29, 0.717) is 0 Å². The molecular weight excluding hydrogens is 705 g/mol. The summed E-state index contributed by atoms with van der Waals surface area (Å²) in [6, 6.07) is 76.5. The average molecular weight is 739 g/mol. The molecule has 57 heavy (non-hydrogen) atoms. The Morgan fingerprint density at radius 1 is 0.211 bits per heavy atom. The van der Waals surface area contributed by atoms with Crippen molar-refractivity contribution in [2.75, 3.05) is 0 Å². The molecular formula is C56H34S. The van der Waals surface area contributed by atoms with Gasteiger partial charge < -0.3 is 0 Å². The second-order valence-corrected chi connectivity index (χ2v) is 16.2. The topological polar surface area (TPSA) is 0 Å². The van der Waals surface area contributed by atoms with Gasteiger partial charge >= 0.3 is 0 Å². The predicted molar refractivity (Wildman–Crippen MR) is 249 cm³/mol. The van der Waals surface area contributed by atoms with E-state index in [9.17, 15) is 0 Å². The van der Waals surface area contributed by atoms with Crippen LogP contribution in [0.4, 0.5) is 0 Å². The first kappa shape index (κ1) is 32.2. The largest absolute Gasteiger partial charge is 0.135 e. The summed E-state index contributed by atoms with van der Waals surface area (Å²) in [6.07, 6.45) is 0. The van der Waals surface area contributed by atoms with Crippen molar-refractivity contribution in [2.45, 2.75) is 0 Å². The summed E-state index contributed by atoms with van der Waals surface area (Å²) in [5.74, 6) is 0. The fraction of sp³-hybridized carbons (Fsp3) is 0. The number of benzene rings is 11. The Balaban J connectivity index is 1.06. The summed E-state index contributed by atoms with van der Waals surface area (Å²) in [4.78, 5) is 0. The van der Waals surface area contributed by atoms with Crippen LogP contribution in [0.3, 0.4) is 0 Å². The van der Waals surface area contributed by atoms with Gasteiger partial charge in [-0.05, 0) is 123 Å². The molecule has 1 aromatic heterocycles. The minimum Gasteiger partial charge on any atom is -0.135 e. The van der Waals surface area contributed by atoms with Crippen molar-refractivity contribution in [1.82, 2.24) is 0 Å². The highest BCUT2D eigenvalue weighted by atomic mass is 32.1. The van der Waals surface area contributed by atoms with Crippen molar-refractivity contribution in [3.05, 3.63) is 206 Å². The molecule has 0 spiro atoms. The van der Waals surface area contributed by atoms with Gasteiger partial charge in [0.2, 0.25) is 0 Å². The van der Waals surface area contributed by atoms with Crippen LogP contribution < -0.4 is 0 Å². The molecule has 12 aromatic rings. The van der Waals surface area contributed by atoms with Crippen LogP contribution in [-0.4, -0.2) is 0 Å². The second kappa shape index (κ2) is 12.7. The predicted octanol–water partition coefficient (Wildman–Crippen LogP) is 16.5. The molecule has 0 fully saturated rings. The molecule has 12 rings (SSSR count). The van der Waals surface area contributed by atoms with Gasteiger partial charge in [-0.2, -0.15) is 0 Å². The van der Waals surface area contributed by atoms with E-state index < -0.39 is 0 Å². The van der Waals surface area contributed by atoms with E-state index in [4.69, 9.17) is 0 Å². The zero-order valence-corrected chi connectivity index (χ0v) is 31.9. The maximum absolute atomic E-state index is 2.44. The van der Waals surface area contributed by atoms with Crippen LogP contribution in [0.15, 0.2) is 206 Å². The van der Waals surface area contributed by atoms with E-state index in [1.165, 1.54) is 119 Å². The molecule has 0 unspecified atom stereocenters. The summed E-state index contributed by atoms with van der Waals surface area (Å²) in [5.41, 5.74) is 10.2. The van der Waals surface area contributed by atoms with E-state index >= 15 is 0 Å². The van der Waals surface area contributed by atoms with E-state index in [-0.39, 0.29) is 0 Å². The lowest BCUT2D eigenvalue weighted by Gasteiger charge is -2.18. The Labute approximate surface area is 334 Å². The monoisotopic (exact) mass is 738 g/mol. The maximum atomic E-state index is 2.44. The van der Waals surface area contributed by atoms with Gasteiger partial charge in [-0.1, -0.05) is 182 Å². The Bertz CT molecular complexity index is 3460. The van der Waals surface area contributed by atoms with Crippen molar-refractivity contribution in [3.63, 3.8) is 0 Å². The van der Waals surface area contributed by atoms with E-state index in [1.807, 2.05) is 11.3 Å². The molecule has 0 aliphatic rings. The minimum atomic E-state index is 1.25. The van der Waals surface area contributed by atoms with Crippen LogP contribution in [0, 0.1) is 0 Å². The van der Waals surface area contributed by atoms with Gasteiger partial charge in [0, 0.05) is 20.2 Å². The minimum absolute atomic E-state index is 1.25. The molecule has 1 heteroatoms. The number of hydrogen-bond donors (Lipinski definition) is 0. The van der Waals surface area contributed by atoms with Crippen molar-refractivity contribution >= 4 is 85.4 Å². The molecule has 0 amide bonds. The van der Waals surface area contributed by atoms with Crippen LogP contribution in [-0.2, 0) is 0 Å². The molecule has 0 aliphatic heterocycles. The Morgan fingerprint density at radius 3 is 1.16 bits per heavy atom. The normalized spacial score (nSPS) is 11.9. The Hall–Kier alpha value is -7.06. The standard InChI is InChI=1S/C56H34S/c1-2-15-36(16-3-1)53-42-18-6-8-20-44(42)56(45-21-9-7-19-43(45)53)40-28-30-41-50-33-39(29-31-51(50)57-52(41)34-40)55-48-24-12-10-22-46(48)54(47-23-11-13-25-49(47)55)38-27-26-35-14-4-5-17-37(35)32-38/h1-34H. The lowest BCUT2D eigenvalue weighted by Crippen LogP contribution is -1.91. The first-order valence-electron chi connectivity index (χ1n) is 19.7. The van der Waals surface area contributed by atoms with E-state index in [1.54, 1.807) is 0 Å². The highest BCUT2D eigenvalue weighted by Crippen LogP contribution is 2.48. The zero-order valence-electron chi connectivity index (χ0n) is 31.0. The smallest absolute Gasteiger partial charge is 0.0361 e. The summed E-state index contributed by atoms with van der Waals surface area (Å²) in [7, 11) is 0. The van der Waals surface area contributed by atoms with Crippen molar-refractivity contribution in [2.24, 2.45) is 0 Å². The number of fused-ring (bicyclic) bond motifs is 8. The second-order valence-electron chi connectivity index (χ2n) is 15.1. The van der Waals surface area contributed by atoms with Gasteiger partial charge in [0.25, 0.3) is 0 Å². The number of rotatable bonds is 4. The number of thiophene rings is 1. The summed E-state index contributed by atoms with van der Waals surface area (Å²) >= 11 is 1.89. The third kappa shape index (κ3) is 4.99. The van der Waals surface area contributed by atoms with Crippen LogP contribution in [0.2, 0.25) is 0 Å². The SMILES string of the molecule is c1ccc(-c2c3ccccc3c(-c3ccc4c(c3)sc3ccc(-c5c6ccccc6c(-c6ccc7ccccc7c6)c6ccccc56)cc34)c3ccccc23)cc1. The maximum Gasteiger partial charge on any atom is 0.0361 e. The van der Waals surface area contributed by atoms with Crippen LogP contribution in [0.5, 0.6) is 0 Å². The highest BCUT2D eigenvalue weighted by molar-refractivity contribution is 7.25. The summed E-state index contributed by atoms with van der Waals surface area (Å²) < 4.78 is 2.61. The fourth-order valence-corrected chi connectivity index (χ4v) is 10.7. The molecule has 1 heterocycles. The zero-order chi connectivity index (χ0) is 37.5. The van der Waals surface area contributed by atoms with Crippen molar-refractivity contribution < 1.29 is 0 Å². The lowest BCUT2D eigenvalue weighted by molar-refractivity contribution is 1.66. The molecule has 0 bridgehead atoms. The first-order valence-corrected chi connectivity index (χ1v) is 20.5. The molecule has 264 valence electrons.